The molecule has 0 radical (unpaired) electrons. The number of nitrogens with zero attached hydrogens (tertiary/aromatic N) is 2. The van der Waals surface area contributed by atoms with Crippen LogP contribution >= 0.6 is 11.8 Å². The van der Waals surface area contributed by atoms with Crippen molar-refractivity contribution in [2.45, 2.75) is 65.0 Å². The lowest BCUT2D eigenvalue weighted by atomic mass is 9.85. The van der Waals surface area contributed by atoms with E-state index in [4.69, 9.17) is 4.74 Å². The largest absolute Gasteiger partial charge is 0.488 e. The third-order valence-corrected chi connectivity index (χ3v) is 10.5. The van der Waals surface area contributed by atoms with E-state index in [0.29, 0.717) is 6.61 Å². The smallest absolute Gasteiger partial charge is 0.307 e. The number of likely N-dealkylation sites (tertiary alicyclic amines) is 2. The topological polar surface area (TPSA) is 82.1 Å². The van der Waals surface area contributed by atoms with Gasteiger partial charge < -0.3 is 20.1 Å². The van der Waals surface area contributed by atoms with Gasteiger partial charge in [0.15, 0.2) is 0 Å². The van der Waals surface area contributed by atoms with Crippen molar-refractivity contribution < 1.29 is 19.4 Å². The molecule has 2 saturated heterocycles. The molecule has 2 bridgehead atoms. The Morgan fingerprint density at radius 3 is 2.34 bits per heavy atom. The van der Waals surface area contributed by atoms with Gasteiger partial charge in [-0.3, -0.25) is 14.5 Å². The Kier molecular flexibility index (Phi) is 8.05. The number of nitrogens with one attached hydrogen (secondary N) is 1. The number of aliphatic carboxylic acids is 1. The highest BCUT2D eigenvalue weighted by atomic mass is 32.2. The maximum atomic E-state index is 13.1. The van der Waals surface area contributed by atoms with Crippen molar-refractivity contribution in [2.24, 2.45) is 17.8 Å². The number of hydrogen-bond donors (Lipinski definition) is 2. The molecule has 7 nitrogen and oxygen atoms in total. The molecule has 218 valence electrons. The Morgan fingerprint density at radius 1 is 1.00 bits per heavy atom. The number of carbonyl (C=O) groups is 2. The molecule has 1 saturated carbocycles. The maximum Gasteiger partial charge on any atom is 0.307 e. The number of carboxylic acid groups (broad SMARTS) is 1. The number of rotatable bonds is 7. The second kappa shape index (κ2) is 11.7. The van der Waals surface area contributed by atoms with Crippen LogP contribution in [0, 0.1) is 38.5 Å². The van der Waals surface area contributed by atoms with Crippen molar-refractivity contribution in [2.75, 3.05) is 26.2 Å². The van der Waals surface area contributed by atoms with Crippen molar-refractivity contribution in [1.29, 1.82) is 0 Å². The molecule has 2 aromatic rings. The summed E-state index contributed by atoms with van der Waals surface area (Å²) in [5.41, 5.74) is 7.38. The van der Waals surface area contributed by atoms with Gasteiger partial charge in [0, 0.05) is 37.3 Å². The molecule has 2 aromatic carbocycles. The van der Waals surface area contributed by atoms with Crippen molar-refractivity contribution in [3.8, 4) is 5.75 Å². The predicted octanol–water partition coefficient (Wildman–Crippen LogP) is 5.78. The molecule has 8 heteroatoms. The average molecular weight is 576 g/mol. The van der Waals surface area contributed by atoms with E-state index in [9.17, 15) is 14.7 Å². The first kappa shape index (κ1) is 28.2. The molecule has 3 heterocycles. The van der Waals surface area contributed by atoms with Crippen LogP contribution < -0.4 is 10.1 Å². The van der Waals surface area contributed by atoms with E-state index in [2.05, 4.69) is 48.5 Å². The number of benzene rings is 2. The van der Waals surface area contributed by atoms with Crippen LogP contribution in [-0.2, 0) is 11.4 Å². The zero-order valence-electron chi connectivity index (χ0n) is 24.3. The zero-order valence-corrected chi connectivity index (χ0v) is 25.1. The SMILES string of the molecule is Cc1ccc(OCc2c(C)cc(C(=O)N3CCCCC3)cc2C)c(C2=CSC(N3CC4CCC(C3)C4C(=O)O)N2)c1. The first-order valence-electron chi connectivity index (χ1n) is 15.0. The number of ether oxygens (including phenoxy) is 1. The van der Waals surface area contributed by atoms with Gasteiger partial charge in [-0.15, -0.1) is 0 Å². The number of carbonyl (C=O) groups excluding carboxylic acids is 1. The summed E-state index contributed by atoms with van der Waals surface area (Å²) in [7, 11) is 0. The number of amides is 1. The third-order valence-electron chi connectivity index (χ3n) is 9.46. The van der Waals surface area contributed by atoms with Crippen molar-refractivity contribution >= 4 is 29.3 Å². The Hall–Kier alpha value is -2.97. The standard InChI is InChI=1S/C33H41N3O4S/c1-20-7-10-29(40-18-27-21(2)14-25(15-22(27)3)31(37)35-11-5-4-6-12-35)26(13-20)28-19-41-33(34-28)36-16-23-8-9-24(17-36)30(23)32(38)39/h7,10,13-15,19,23-24,30,33-34H,4-6,8-9,11-12,16-18H2,1-3H3,(H,38,39). The van der Waals surface area contributed by atoms with Crippen LogP contribution in [0.3, 0.4) is 0 Å². The summed E-state index contributed by atoms with van der Waals surface area (Å²) in [5, 5.41) is 15.6. The van der Waals surface area contributed by atoms with Crippen LogP contribution in [0.2, 0.25) is 0 Å². The van der Waals surface area contributed by atoms with E-state index in [0.717, 1.165) is 96.7 Å². The molecule has 3 aliphatic heterocycles. The molecule has 2 N–H and O–H groups in total. The molecule has 41 heavy (non-hydrogen) atoms. The normalized spacial score (nSPS) is 26.0. The Labute approximate surface area is 247 Å². The summed E-state index contributed by atoms with van der Waals surface area (Å²) in [6.07, 6.45) is 5.40. The van der Waals surface area contributed by atoms with Crippen LogP contribution in [-0.4, -0.2) is 58.5 Å². The number of thioether (sulfide) groups is 1. The minimum absolute atomic E-state index is 0.102. The predicted molar refractivity (Wildman–Crippen MR) is 163 cm³/mol. The molecule has 3 atom stereocenters. The molecular weight excluding hydrogens is 534 g/mol. The summed E-state index contributed by atoms with van der Waals surface area (Å²) in [5.74, 6) is 0.624. The monoisotopic (exact) mass is 575 g/mol. The van der Waals surface area contributed by atoms with Gasteiger partial charge >= 0.3 is 5.97 Å². The highest BCUT2D eigenvalue weighted by Crippen LogP contribution is 2.44. The van der Waals surface area contributed by atoms with Crippen LogP contribution in [0.15, 0.2) is 35.7 Å². The van der Waals surface area contributed by atoms with Gasteiger partial charge in [-0.05, 0) is 111 Å². The van der Waals surface area contributed by atoms with Gasteiger partial charge in [0.2, 0.25) is 0 Å². The number of hydrogen-bond acceptors (Lipinski definition) is 6. The molecule has 0 spiro atoms. The van der Waals surface area contributed by atoms with Crippen molar-refractivity contribution in [3.05, 3.63) is 69.1 Å². The Bertz CT molecular complexity index is 1330. The highest BCUT2D eigenvalue weighted by Gasteiger charge is 2.47. The fraction of sp³-hybridized carbons (Fsp3) is 0.515. The van der Waals surface area contributed by atoms with Crippen LogP contribution in [0.4, 0.5) is 0 Å². The number of aryl methyl sites for hydroxylation is 3. The minimum Gasteiger partial charge on any atom is -0.488 e. The van der Waals surface area contributed by atoms with E-state index in [1.54, 1.807) is 11.8 Å². The van der Waals surface area contributed by atoms with E-state index in [1.807, 2.05) is 23.1 Å². The summed E-state index contributed by atoms with van der Waals surface area (Å²) in [6.45, 7) is 10.0. The van der Waals surface area contributed by atoms with Gasteiger partial charge in [-0.2, -0.15) is 0 Å². The first-order valence-corrected chi connectivity index (χ1v) is 15.9. The van der Waals surface area contributed by atoms with E-state index >= 15 is 0 Å². The summed E-state index contributed by atoms with van der Waals surface area (Å²) < 4.78 is 6.47. The van der Waals surface area contributed by atoms with Crippen molar-refractivity contribution in [3.63, 3.8) is 0 Å². The second-order valence-electron chi connectivity index (χ2n) is 12.3. The Balaban J connectivity index is 1.14. The van der Waals surface area contributed by atoms with Gasteiger partial charge in [-0.25, -0.2) is 0 Å². The zero-order chi connectivity index (χ0) is 28.7. The van der Waals surface area contributed by atoms with E-state index in [-0.39, 0.29) is 29.2 Å². The molecule has 3 fully saturated rings. The maximum absolute atomic E-state index is 13.1. The van der Waals surface area contributed by atoms with Gasteiger partial charge in [0.05, 0.1) is 11.6 Å². The van der Waals surface area contributed by atoms with Gasteiger partial charge in [0.25, 0.3) is 5.91 Å². The molecule has 1 aliphatic carbocycles. The lowest BCUT2D eigenvalue weighted by Crippen LogP contribution is -2.51. The summed E-state index contributed by atoms with van der Waals surface area (Å²) in [6, 6.07) is 10.3. The molecule has 6 rings (SSSR count). The minimum atomic E-state index is -0.627. The number of piperidine rings is 2. The van der Waals surface area contributed by atoms with Crippen LogP contribution in [0.5, 0.6) is 5.75 Å². The second-order valence-corrected chi connectivity index (χ2v) is 13.3. The fourth-order valence-corrected chi connectivity index (χ4v) is 8.26. The van der Waals surface area contributed by atoms with Gasteiger partial charge in [0.1, 0.15) is 17.9 Å². The fourth-order valence-electron chi connectivity index (χ4n) is 7.26. The third kappa shape index (κ3) is 5.73. The average Bonchev–Trinajstić information content (AvgIpc) is 3.56. The highest BCUT2D eigenvalue weighted by molar-refractivity contribution is 8.03. The Morgan fingerprint density at radius 2 is 1.68 bits per heavy atom. The first-order chi connectivity index (χ1) is 19.8. The summed E-state index contributed by atoms with van der Waals surface area (Å²) in [4.78, 5) is 29.3. The lowest BCUT2D eigenvalue weighted by Gasteiger charge is -2.39. The van der Waals surface area contributed by atoms with E-state index < -0.39 is 5.97 Å². The molecule has 0 aromatic heterocycles. The van der Waals surface area contributed by atoms with Crippen LogP contribution in [0.25, 0.3) is 5.70 Å². The number of carboxylic acids is 1. The van der Waals surface area contributed by atoms with Crippen molar-refractivity contribution in [1.82, 2.24) is 15.1 Å². The van der Waals surface area contributed by atoms with Crippen LogP contribution in [0.1, 0.15) is 70.3 Å². The molecule has 3 unspecified atom stereocenters. The quantitative estimate of drug-likeness (QED) is 0.433. The summed E-state index contributed by atoms with van der Waals surface area (Å²) >= 11 is 1.76. The lowest BCUT2D eigenvalue weighted by molar-refractivity contribution is -0.146. The molecular formula is C33H41N3O4S. The number of fused-ring (bicyclic) bond motifs is 2. The molecule has 4 aliphatic rings. The van der Waals surface area contributed by atoms with Gasteiger partial charge in [-0.1, -0.05) is 23.4 Å². The van der Waals surface area contributed by atoms with E-state index in [1.165, 1.54) is 6.42 Å². The molecule has 1 amide bonds.